The van der Waals surface area contributed by atoms with Crippen molar-refractivity contribution >= 4 is 11.6 Å². The van der Waals surface area contributed by atoms with Crippen molar-refractivity contribution in [1.29, 1.82) is 0 Å². The van der Waals surface area contributed by atoms with E-state index < -0.39 is 0 Å². The first-order valence-electron chi connectivity index (χ1n) is 7.51. The van der Waals surface area contributed by atoms with Crippen LogP contribution in [-0.2, 0) is 6.54 Å². The summed E-state index contributed by atoms with van der Waals surface area (Å²) in [5.41, 5.74) is 6.73. The van der Waals surface area contributed by atoms with E-state index in [9.17, 15) is 0 Å². The standard InChI is InChI=1S/C16H25ClN2O2/c1-20-14-4-3-13(15(17)16(14)21-2)11-19-9-6-12(5-8-18)7-10-19/h3-4,12H,5-11,18H2,1-2H3. The molecule has 1 aromatic rings. The Morgan fingerprint density at radius 2 is 1.95 bits per heavy atom. The molecular formula is C16H25ClN2O2. The topological polar surface area (TPSA) is 47.7 Å². The summed E-state index contributed by atoms with van der Waals surface area (Å²) in [7, 11) is 3.24. The van der Waals surface area contributed by atoms with Crippen molar-refractivity contribution in [2.24, 2.45) is 11.7 Å². The van der Waals surface area contributed by atoms with E-state index >= 15 is 0 Å². The second kappa shape index (κ2) is 7.87. The summed E-state index contributed by atoms with van der Waals surface area (Å²) in [6.45, 7) is 3.87. The van der Waals surface area contributed by atoms with Gasteiger partial charge in [-0.2, -0.15) is 0 Å². The van der Waals surface area contributed by atoms with Gasteiger partial charge in [-0.25, -0.2) is 0 Å². The monoisotopic (exact) mass is 312 g/mol. The number of piperidine rings is 1. The molecular weight excluding hydrogens is 288 g/mol. The first-order chi connectivity index (χ1) is 10.2. The van der Waals surface area contributed by atoms with Gasteiger partial charge in [0, 0.05) is 6.54 Å². The third kappa shape index (κ3) is 4.02. The van der Waals surface area contributed by atoms with Gasteiger partial charge in [0.1, 0.15) is 0 Å². The smallest absolute Gasteiger partial charge is 0.179 e. The summed E-state index contributed by atoms with van der Waals surface area (Å²) in [5.74, 6) is 2.08. The maximum atomic E-state index is 6.44. The van der Waals surface area contributed by atoms with Crippen LogP contribution < -0.4 is 15.2 Å². The molecule has 21 heavy (non-hydrogen) atoms. The minimum absolute atomic E-state index is 0.620. The Kier molecular flexibility index (Phi) is 6.15. The van der Waals surface area contributed by atoms with Crippen molar-refractivity contribution in [3.8, 4) is 11.5 Å². The van der Waals surface area contributed by atoms with E-state index in [1.54, 1.807) is 14.2 Å². The van der Waals surface area contributed by atoms with Crippen molar-refractivity contribution in [2.45, 2.75) is 25.8 Å². The van der Waals surface area contributed by atoms with Crippen LogP contribution in [0, 0.1) is 5.92 Å². The molecule has 2 N–H and O–H groups in total. The van der Waals surface area contributed by atoms with Crippen molar-refractivity contribution < 1.29 is 9.47 Å². The Balaban J connectivity index is 2.01. The number of hydrogen-bond acceptors (Lipinski definition) is 4. The van der Waals surface area contributed by atoms with Crippen LogP contribution in [0.15, 0.2) is 12.1 Å². The molecule has 2 rings (SSSR count). The number of halogens is 1. The predicted molar refractivity (Wildman–Crippen MR) is 86.2 cm³/mol. The summed E-state index contributed by atoms with van der Waals surface area (Å²) in [6, 6.07) is 3.94. The van der Waals surface area contributed by atoms with Crippen LogP contribution in [0.1, 0.15) is 24.8 Å². The van der Waals surface area contributed by atoms with Crippen molar-refractivity contribution in [3.63, 3.8) is 0 Å². The van der Waals surface area contributed by atoms with Gasteiger partial charge < -0.3 is 15.2 Å². The molecule has 0 atom stereocenters. The molecule has 0 bridgehead atoms. The summed E-state index contributed by atoms with van der Waals surface area (Å²) in [4.78, 5) is 2.44. The van der Waals surface area contributed by atoms with Gasteiger partial charge in [-0.3, -0.25) is 4.90 Å². The van der Waals surface area contributed by atoms with E-state index in [2.05, 4.69) is 4.90 Å². The van der Waals surface area contributed by atoms with Crippen molar-refractivity contribution in [3.05, 3.63) is 22.7 Å². The average molecular weight is 313 g/mol. The molecule has 0 unspecified atom stereocenters. The first-order valence-corrected chi connectivity index (χ1v) is 7.89. The molecule has 1 aliphatic heterocycles. The van der Waals surface area contributed by atoms with Crippen LogP contribution >= 0.6 is 11.6 Å². The van der Waals surface area contributed by atoms with Crippen LogP contribution in [0.2, 0.25) is 5.02 Å². The van der Waals surface area contributed by atoms with E-state index in [1.165, 1.54) is 12.8 Å². The number of methoxy groups -OCH3 is 2. The lowest BCUT2D eigenvalue weighted by Crippen LogP contribution is -2.33. The van der Waals surface area contributed by atoms with Crippen LogP contribution in [-0.4, -0.2) is 38.8 Å². The van der Waals surface area contributed by atoms with Crippen molar-refractivity contribution in [2.75, 3.05) is 33.9 Å². The van der Waals surface area contributed by atoms with Crippen LogP contribution in [0.5, 0.6) is 11.5 Å². The maximum absolute atomic E-state index is 6.44. The number of nitrogens with zero attached hydrogens (tertiary/aromatic N) is 1. The minimum atomic E-state index is 0.620. The zero-order valence-electron chi connectivity index (χ0n) is 12.9. The van der Waals surface area contributed by atoms with E-state index in [-0.39, 0.29) is 0 Å². The Bertz CT molecular complexity index is 460. The van der Waals surface area contributed by atoms with E-state index in [1.807, 2.05) is 12.1 Å². The van der Waals surface area contributed by atoms with Crippen LogP contribution in [0.3, 0.4) is 0 Å². The van der Waals surface area contributed by atoms with Gasteiger partial charge in [0.25, 0.3) is 0 Å². The first kappa shape index (κ1) is 16.4. The number of benzene rings is 1. The zero-order chi connectivity index (χ0) is 15.2. The highest BCUT2D eigenvalue weighted by Gasteiger charge is 2.20. The van der Waals surface area contributed by atoms with Gasteiger partial charge in [-0.15, -0.1) is 0 Å². The third-order valence-electron chi connectivity index (χ3n) is 4.24. The second-order valence-electron chi connectivity index (χ2n) is 5.57. The fourth-order valence-electron chi connectivity index (χ4n) is 2.96. The average Bonchev–Trinajstić information content (AvgIpc) is 2.51. The fourth-order valence-corrected chi connectivity index (χ4v) is 3.26. The molecule has 0 amide bonds. The van der Waals surface area contributed by atoms with Gasteiger partial charge in [0.15, 0.2) is 11.5 Å². The highest BCUT2D eigenvalue weighted by atomic mass is 35.5. The molecule has 5 heteroatoms. The highest BCUT2D eigenvalue weighted by molar-refractivity contribution is 6.33. The Labute approximate surface area is 132 Å². The normalized spacial score (nSPS) is 17.0. The van der Waals surface area contributed by atoms with Gasteiger partial charge in [0.05, 0.1) is 19.2 Å². The lowest BCUT2D eigenvalue weighted by atomic mass is 9.93. The molecule has 4 nitrogen and oxygen atoms in total. The minimum Gasteiger partial charge on any atom is -0.493 e. The molecule has 1 aliphatic rings. The van der Waals surface area contributed by atoms with Gasteiger partial charge >= 0.3 is 0 Å². The SMILES string of the molecule is COc1ccc(CN2CCC(CCN)CC2)c(Cl)c1OC. The van der Waals surface area contributed by atoms with Crippen LogP contribution in [0.25, 0.3) is 0 Å². The molecule has 118 valence electrons. The van der Waals surface area contributed by atoms with E-state index in [4.69, 9.17) is 26.8 Å². The number of nitrogens with two attached hydrogens (primary N) is 1. The Hall–Kier alpha value is -0.970. The molecule has 1 heterocycles. The number of likely N-dealkylation sites (tertiary alicyclic amines) is 1. The zero-order valence-corrected chi connectivity index (χ0v) is 13.7. The predicted octanol–water partition coefficient (Wildman–Crippen LogP) is 2.92. The Morgan fingerprint density at radius 1 is 1.24 bits per heavy atom. The fraction of sp³-hybridized carbons (Fsp3) is 0.625. The molecule has 0 radical (unpaired) electrons. The third-order valence-corrected chi connectivity index (χ3v) is 4.66. The van der Waals surface area contributed by atoms with Gasteiger partial charge in [-0.1, -0.05) is 17.7 Å². The second-order valence-corrected chi connectivity index (χ2v) is 5.95. The summed E-state index contributed by atoms with van der Waals surface area (Å²) in [5, 5.41) is 0.654. The Morgan fingerprint density at radius 3 is 2.52 bits per heavy atom. The van der Waals surface area contributed by atoms with E-state index in [0.717, 1.165) is 44.1 Å². The lowest BCUT2D eigenvalue weighted by molar-refractivity contribution is 0.173. The number of ether oxygens (including phenoxy) is 2. The molecule has 0 aliphatic carbocycles. The largest absolute Gasteiger partial charge is 0.493 e. The van der Waals surface area contributed by atoms with Crippen molar-refractivity contribution in [1.82, 2.24) is 4.90 Å². The number of rotatable bonds is 6. The molecule has 0 aromatic heterocycles. The molecule has 0 saturated carbocycles. The highest BCUT2D eigenvalue weighted by Crippen LogP contribution is 2.38. The molecule has 0 spiro atoms. The summed E-state index contributed by atoms with van der Waals surface area (Å²) in [6.07, 6.45) is 3.59. The molecule has 1 fully saturated rings. The lowest BCUT2D eigenvalue weighted by Gasteiger charge is -2.32. The molecule has 1 saturated heterocycles. The van der Waals surface area contributed by atoms with E-state index in [0.29, 0.717) is 16.5 Å². The molecule has 1 aromatic carbocycles. The number of hydrogen-bond donors (Lipinski definition) is 1. The quantitative estimate of drug-likeness (QED) is 0.877. The summed E-state index contributed by atoms with van der Waals surface area (Å²) < 4.78 is 10.6. The maximum Gasteiger partial charge on any atom is 0.179 e. The summed E-state index contributed by atoms with van der Waals surface area (Å²) >= 11 is 6.44. The van der Waals surface area contributed by atoms with Gasteiger partial charge in [0.2, 0.25) is 0 Å². The van der Waals surface area contributed by atoms with Crippen LogP contribution in [0.4, 0.5) is 0 Å². The van der Waals surface area contributed by atoms with Gasteiger partial charge in [-0.05, 0) is 56.4 Å².